The van der Waals surface area contributed by atoms with Crippen LogP contribution in [0.2, 0.25) is 0 Å². The van der Waals surface area contributed by atoms with Crippen LogP contribution in [0.3, 0.4) is 0 Å². The van der Waals surface area contributed by atoms with Crippen LogP contribution in [0.4, 0.5) is 0 Å². The van der Waals surface area contributed by atoms with Crippen molar-refractivity contribution in [2.24, 2.45) is 4.99 Å². The fourth-order valence-electron chi connectivity index (χ4n) is 4.80. The molecule has 0 amide bonds. The molecule has 0 N–H and O–H groups in total. The molecule has 6 heteroatoms. The molecule has 3 heterocycles. The molecule has 34 heavy (non-hydrogen) atoms. The molecule has 1 atom stereocenters. The summed E-state index contributed by atoms with van der Waals surface area (Å²) < 4.78 is 3.86. The zero-order valence-electron chi connectivity index (χ0n) is 19.1. The summed E-state index contributed by atoms with van der Waals surface area (Å²) >= 11 is 4.98. The predicted octanol–water partition coefficient (Wildman–Crippen LogP) is 6.45. The van der Waals surface area contributed by atoms with Crippen molar-refractivity contribution in [3.05, 3.63) is 118 Å². The van der Waals surface area contributed by atoms with E-state index < -0.39 is 0 Å². The average Bonchev–Trinajstić information content (AvgIpc) is 3.37. The van der Waals surface area contributed by atoms with Crippen LogP contribution in [0, 0.1) is 0 Å². The molecule has 2 aromatic carbocycles. The Morgan fingerprint density at radius 2 is 1.62 bits per heavy atom. The van der Waals surface area contributed by atoms with Gasteiger partial charge in [-0.25, -0.2) is 4.99 Å². The van der Waals surface area contributed by atoms with E-state index in [0.29, 0.717) is 0 Å². The number of hydrogen-bond acceptors (Lipinski definition) is 5. The van der Waals surface area contributed by atoms with Gasteiger partial charge in [-0.2, -0.15) is 0 Å². The molecule has 0 saturated heterocycles. The van der Waals surface area contributed by atoms with Crippen molar-refractivity contribution in [3.8, 4) is 0 Å². The largest absolute Gasteiger partial charge is 0.272 e. The number of allylic oxidation sites excluding steroid dienone is 4. The molecule has 3 nitrogen and oxygen atoms in total. The van der Waals surface area contributed by atoms with E-state index in [0.717, 1.165) is 44.1 Å². The summed E-state index contributed by atoms with van der Waals surface area (Å²) in [7, 11) is 0. The van der Waals surface area contributed by atoms with Crippen molar-refractivity contribution < 1.29 is 0 Å². The summed E-state index contributed by atoms with van der Waals surface area (Å²) in [6, 6.07) is 20.8. The van der Waals surface area contributed by atoms with Crippen LogP contribution in [-0.2, 0) is 0 Å². The smallest absolute Gasteiger partial charge is 0.272 e. The van der Waals surface area contributed by atoms with Crippen molar-refractivity contribution in [1.29, 1.82) is 0 Å². The van der Waals surface area contributed by atoms with Crippen LogP contribution in [-0.4, -0.2) is 4.57 Å². The fourth-order valence-corrected chi connectivity index (χ4v) is 8.54. The summed E-state index contributed by atoms with van der Waals surface area (Å²) in [4.78, 5) is 22.4. The maximum absolute atomic E-state index is 13.9. The standard InChI is InChI=1S/C28H24N2OS3/c1-17-18(2)33-27(32-17)25-26(31)30-24(20-12-7-4-8-13-20)22-15-9-14-21(23(22)29-28(30)34-25)16-19-10-5-3-6-11-19/h3-8,10-13,16,24H,9,14-15H2,1-2H3/b21-16+. The lowest BCUT2D eigenvalue weighted by molar-refractivity contribution is 0.553. The van der Waals surface area contributed by atoms with Gasteiger partial charge in [0.25, 0.3) is 5.56 Å². The minimum atomic E-state index is -0.104. The molecule has 1 aromatic heterocycles. The van der Waals surface area contributed by atoms with Crippen LogP contribution in [0.15, 0.2) is 97.1 Å². The predicted molar refractivity (Wildman–Crippen MR) is 146 cm³/mol. The fraction of sp³-hybridized carbons (Fsp3) is 0.214. The maximum Gasteiger partial charge on any atom is 0.272 e. The van der Waals surface area contributed by atoms with Crippen molar-refractivity contribution >= 4 is 45.2 Å². The number of hydrogen-bond donors (Lipinski definition) is 0. The molecule has 1 unspecified atom stereocenters. The minimum Gasteiger partial charge on any atom is -0.272 e. The lowest BCUT2D eigenvalue weighted by atomic mass is 9.84. The van der Waals surface area contributed by atoms with Crippen molar-refractivity contribution in [1.82, 2.24) is 4.57 Å². The van der Waals surface area contributed by atoms with Gasteiger partial charge in [-0.15, -0.1) is 0 Å². The van der Waals surface area contributed by atoms with Crippen LogP contribution in [0.5, 0.6) is 0 Å². The van der Waals surface area contributed by atoms with Gasteiger partial charge in [0.05, 0.1) is 16.0 Å². The van der Waals surface area contributed by atoms with Gasteiger partial charge in [0.15, 0.2) is 4.80 Å². The molecule has 0 fully saturated rings. The van der Waals surface area contributed by atoms with E-state index in [9.17, 15) is 4.79 Å². The van der Waals surface area contributed by atoms with E-state index in [2.05, 4.69) is 68.5 Å². The summed E-state index contributed by atoms with van der Waals surface area (Å²) in [6.07, 6.45) is 5.31. The Labute approximate surface area is 211 Å². The summed E-state index contributed by atoms with van der Waals surface area (Å²) in [5.74, 6) is 0. The van der Waals surface area contributed by atoms with E-state index in [1.54, 1.807) is 34.9 Å². The molecule has 3 aliphatic rings. The molecule has 2 aliphatic heterocycles. The number of benzene rings is 2. The monoisotopic (exact) mass is 500 g/mol. The number of thioether (sulfide) groups is 2. The maximum atomic E-state index is 13.9. The number of thiazole rings is 1. The van der Waals surface area contributed by atoms with Gasteiger partial charge in [0.1, 0.15) is 4.53 Å². The van der Waals surface area contributed by atoms with Crippen molar-refractivity contribution in [2.45, 2.75) is 39.2 Å². The second-order valence-corrected chi connectivity index (χ2v) is 12.4. The Hall–Kier alpha value is -2.54. The topological polar surface area (TPSA) is 34.4 Å². The van der Waals surface area contributed by atoms with Gasteiger partial charge < -0.3 is 0 Å². The molecule has 6 rings (SSSR count). The van der Waals surface area contributed by atoms with Crippen LogP contribution in [0.25, 0.3) is 10.3 Å². The van der Waals surface area contributed by atoms with E-state index in [4.69, 9.17) is 4.99 Å². The Balaban J connectivity index is 1.60. The SMILES string of the molecule is CC1=C(C)SC(=c2sc3n(c2=O)C(c2ccccc2)C2=C(N=3)/C(=C/c3ccccc3)CCC2)S1. The first-order valence-corrected chi connectivity index (χ1v) is 14.0. The average molecular weight is 501 g/mol. The molecule has 0 bridgehead atoms. The molecule has 1 aliphatic carbocycles. The molecule has 170 valence electrons. The summed E-state index contributed by atoms with van der Waals surface area (Å²) in [5.41, 5.74) is 6.05. The third-order valence-corrected chi connectivity index (χ3v) is 10.5. The number of aromatic nitrogens is 1. The summed E-state index contributed by atoms with van der Waals surface area (Å²) in [5, 5.41) is 0. The molecular formula is C28H24N2OS3. The van der Waals surface area contributed by atoms with Gasteiger partial charge in [0.2, 0.25) is 0 Å². The normalized spacial score (nSPS) is 21.1. The first kappa shape index (κ1) is 22.0. The molecule has 0 spiro atoms. The third-order valence-electron chi connectivity index (χ3n) is 6.54. The molecule has 0 saturated carbocycles. The Morgan fingerprint density at radius 1 is 0.941 bits per heavy atom. The highest BCUT2D eigenvalue weighted by atomic mass is 32.2. The highest BCUT2D eigenvalue weighted by Gasteiger charge is 2.33. The third kappa shape index (κ3) is 3.78. The Bertz CT molecular complexity index is 1540. The van der Waals surface area contributed by atoms with E-state index >= 15 is 0 Å². The zero-order chi connectivity index (χ0) is 23.2. The Kier molecular flexibility index (Phi) is 5.76. The first-order valence-electron chi connectivity index (χ1n) is 11.5. The second kappa shape index (κ2) is 8.91. The van der Waals surface area contributed by atoms with Crippen molar-refractivity contribution in [2.75, 3.05) is 0 Å². The van der Waals surface area contributed by atoms with E-state index in [1.165, 1.54) is 26.5 Å². The first-order chi connectivity index (χ1) is 16.6. The number of fused-ring (bicyclic) bond motifs is 1. The van der Waals surface area contributed by atoms with E-state index in [1.807, 2.05) is 16.7 Å². The van der Waals surface area contributed by atoms with Crippen molar-refractivity contribution in [3.63, 3.8) is 0 Å². The van der Waals surface area contributed by atoms with E-state index in [-0.39, 0.29) is 11.6 Å². The van der Waals surface area contributed by atoms with Gasteiger partial charge >= 0.3 is 0 Å². The lowest BCUT2D eigenvalue weighted by Crippen LogP contribution is -2.39. The highest BCUT2D eigenvalue weighted by Crippen LogP contribution is 2.49. The number of nitrogens with zero attached hydrogens (tertiary/aromatic N) is 2. The number of rotatable bonds is 2. The quantitative estimate of drug-likeness (QED) is 0.405. The molecular weight excluding hydrogens is 477 g/mol. The lowest BCUT2D eigenvalue weighted by Gasteiger charge is -2.31. The zero-order valence-corrected chi connectivity index (χ0v) is 21.5. The Morgan fingerprint density at radius 3 is 2.32 bits per heavy atom. The van der Waals surface area contributed by atoms with Gasteiger partial charge in [-0.1, -0.05) is 95.5 Å². The van der Waals surface area contributed by atoms with Gasteiger partial charge in [-0.05, 0) is 71.3 Å². The second-order valence-electron chi connectivity index (χ2n) is 8.73. The van der Waals surface area contributed by atoms with Crippen LogP contribution in [0.1, 0.15) is 50.3 Å². The minimum absolute atomic E-state index is 0.0841. The highest BCUT2D eigenvalue weighted by molar-refractivity contribution is 8.35. The molecule has 0 radical (unpaired) electrons. The van der Waals surface area contributed by atoms with Crippen LogP contribution < -0.4 is 14.9 Å². The molecule has 3 aromatic rings. The van der Waals surface area contributed by atoms with Crippen LogP contribution >= 0.6 is 34.9 Å². The summed E-state index contributed by atoms with van der Waals surface area (Å²) in [6.45, 7) is 4.26. The van der Waals surface area contributed by atoms with Gasteiger partial charge in [0, 0.05) is 0 Å². The van der Waals surface area contributed by atoms with Gasteiger partial charge in [-0.3, -0.25) is 9.36 Å².